The van der Waals surface area contributed by atoms with Gasteiger partial charge in [0.25, 0.3) is 0 Å². The Morgan fingerprint density at radius 2 is 1.86 bits per heavy atom. The third kappa shape index (κ3) is 3.96. The van der Waals surface area contributed by atoms with Gasteiger partial charge in [0.15, 0.2) is 11.6 Å². The van der Waals surface area contributed by atoms with E-state index >= 15 is 4.39 Å². The monoisotopic (exact) mass is 525 g/mol. The Balaban J connectivity index is 1.82. The van der Waals surface area contributed by atoms with Crippen LogP contribution >= 0.6 is 23.2 Å². The fourth-order valence-electron chi connectivity index (χ4n) is 4.52. The lowest BCUT2D eigenvalue weighted by Crippen LogP contribution is -2.44. The van der Waals surface area contributed by atoms with E-state index in [0.29, 0.717) is 33.7 Å². The van der Waals surface area contributed by atoms with Crippen LogP contribution in [0.1, 0.15) is 37.2 Å². The largest absolute Gasteiger partial charge is 0.496 e. The molecule has 36 heavy (non-hydrogen) atoms. The second-order valence-electron chi connectivity index (χ2n) is 8.54. The van der Waals surface area contributed by atoms with Gasteiger partial charge in [0.1, 0.15) is 17.6 Å². The van der Waals surface area contributed by atoms with Crippen LogP contribution in [-0.2, 0) is 0 Å². The first-order chi connectivity index (χ1) is 17.3. The summed E-state index contributed by atoms with van der Waals surface area (Å²) in [6, 6.07) is 12.0. The van der Waals surface area contributed by atoms with Gasteiger partial charge in [-0.25, -0.2) is 14.2 Å². The normalized spacial score (nSPS) is 15.1. The molecule has 0 bridgehead atoms. The molecule has 1 unspecified atom stereocenters. The third-order valence-corrected chi connectivity index (χ3v) is 6.59. The molecule has 5 rings (SSSR count). The maximum absolute atomic E-state index is 15.3. The molecule has 2 aromatic heterocycles. The van der Waals surface area contributed by atoms with Gasteiger partial charge in [-0.05, 0) is 49.7 Å². The number of pyridine rings is 1. The molecule has 10 heteroatoms. The van der Waals surface area contributed by atoms with Crippen molar-refractivity contribution in [2.75, 3.05) is 17.3 Å². The summed E-state index contributed by atoms with van der Waals surface area (Å²) in [5.74, 6) is 0.823. The summed E-state index contributed by atoms with van der Waals surface area (Å²) < 4.78 is 22.9. The Hall–Kier alpha value is -3.62. The molecular weight excluding hydrogens is 504 g/mol. The van der Waals surface area contributed by atoms with Gasteiger partial charge in [0.05, 0.1) is 29.1 Å². The molecule has 7 nitrogen and oxygen atoms in total. The van der Waals surface area contributed by atoms with E-state index in [-0.39, 0.29) is 16.8 Å². The number of fused-ring (bicyclic) bond motifs is 1. The second kappa shape index (κ2) is 9.44. The van der Waals surface area contributed by atoms with Crippen molar-refractivity contribution in [1.82, 2.24) is 14.5 Å². The maximum atomic E-state index is 15.3. The first-order valence-electron chi connectivity index (χ1n) is 11.2. The van der Waals surface area contributed by atoms with E-state index in [4.69, 9.17) is 32.9 Å². The van der Waals surface area contributed by atoms with E-state index in [1.807, 2.05) is 30.5 Å². The van der Waals surface area contributed by atoms with Gasteiger partial charge in [-0.15, -0.1) is 0 Å². The zero-order valence-electron chi connectivity index (χ0n) is 19.7. The number of nitrogens with zero attached hydrogens (tertiary/aromatic N) is 4. The molecule has 1 aliphatic rings. The van der Waals surface area contributed by atoms with E-state index in [9.17, 15) is 4.79 Å². The van der Waals surface area contributed by atoms with Crippen molar-refractivity contribution in [3.05, 3.63) is 88.0 Å². The Morgan fingerprint density at radius 1 is 1.11 bits per heavy atom. The number of anilines is 2. The van der Waals surface area contributed by atoms with Crippen LogP contribution < -0.4 is 15.0 Å². The number of carbonyl (C=O) groups is 1. The van der Waals surface area contributed by atoms with Crippen LogP contribution in [0.5, 0.6) is 5.75 Å². The van der Waals surface area contributed by atoms with Crippen molar-refractivity contribution >= 4 is 40.7 Å². The van der Waals surface area contributed by atoms with Crippen molar-refractivity contribution < 1.29 is 13.9 Å². The predicted octanol–water partition coefficient (Wildman–Crippen LogP) is 7.12. The molecule has 2 amide bonds. The number of rotatable bonds is 5. The Kier molecular flexibility index (Phi) is 6.32. The minimum Gasteiger partial charge on any atom is -0.496 e. The first kappa shape index (κ1) is 24.1. The number of ether oxygens (including phenoxy) is 1. The number of imidazole rings is 1. The van der Waals surface area contributed by atoms with Gasteiger partial charge in [0, 0.05) is 23.5 Å². The number of urea groups is 1. The fourth-order valence-corrected chi connectivity index (χ4v) is 4.81. The molecular formula is C26H22Cl2FN5O2. The molecule has 3 heterocycles. The zero-order valence-corrected chi connectivity index (χ0v) is 21.2. The molecule has 0 radical (unpaired) electrons. The summed E-state index contributed by atoms with van der Waals surface area (Å²) in [5, 5.41) is 3.30. The second-order valence-corrected chi connectivity index (χ2v) is 9.38. The number of benzene rings is 2. The Morgan fingerprint density at radius 3 is 2.56 bits per heavy atom. The van der Waals surface area contributed by atoms with Crippen molar-refractivity contribution in [2.24, 2.45) is 0 Å². The zero-order chi connectivity index (χ0) is 25.6. The maximum Gasteiger partial charge on any atom is 0.328 e. The average molecular weight is 526 g/mol. The van der Waals surface area contributed by atoms with Crippen LogP contribution in [0.25, 0.3) is 11.4 Å². The van der Waals surface area contributed by atoms with Gasteiger partial charge < -0.3 is 9.30 Å². The topological polar surface area (TPSA) is 72.3 Å². The summed E-state index contributed by atoms with van der Waals surface area (Å²) in [6.07, 6.45) is 3.30. The minimum absolute atomic E-state index is 0.0441. The fraction of sp³-hybridized carbons (Fsp3) is 0.192. The molecule has 1 N–H and O–H groups in total. The smallest absolute Gasteiger partial charge is 0.328 e. The van der Waals surface area contributed by atoms with Gasteiger partial charge >= 0.3 is 6.03 Å². The standard InChI is InChI=1S/C26H22Cl2FN5O2/c1-14(2)33-23-22(15-7-9-16(27)10-8-15)34(19-6-4-5-18(28)21(19)29)26(35)32-24(23)31-25(33)17-13-30-12-11-20(17)36-3/h4-14,22H,1-3H3,(H,32,35). The van der Waals surface area contributed by atoms with Gasteiger partial charge in [0.2, 0.25) is 0 Å². The number of carbonyl (C=O) groups excluding carboxylic acids is 1. The highest BCUT2D eigenvalue weighted by Gasteiger charge is 2.41. The Bertz CT molecular complexity index is 1460. The van der Waals surface area contributed by atoms with Gasteiger partial charge in [-0.1, -0.05) is 41.4 Å². The highest BCUT2D eigenvalue weighted by atomic mass is 35.5. The summed E-state index contributed by atoms with van der Waals surface area (Å²) in [7, 11) is 1.57. The summed E-state index contributed by atoms with van der Waals surface area (Å²) in [5.41, 5.74) is 2.10. The molecule has 1 aliphatic heterocycles. The van der Waals surface area contributed by atoms with E-state index in [1.165, 1.54) is 17.0 Å². The molecule has 0 aliphatic carbocycles. The summed E-state index contributed by atoms with van der Waals surface area (Å²) in [4.78, 5) is 23.9. The van der Waals surface area contributed by atoms with Crippen LogP contribution in [0.3, 0.4) is 0 Å². The van der Waals surface area contributed by atoms with E-state index in [0.717, 1.165) is 5.56 Å². The number of nitrogens with one attached hydrogen (secondary N) is 1. The number of aromatic nitrogens is 3. The number of amides is 2. The Labute approximate surface area is 217 Å². The number of methoxy groups -OCH3 is 1. The lowest BCUT2D eigenvalue weighted by Gasteiger charge is -2.37. The number of hydrogen-bond acceptors (Lipinski definition) is 4. The van der Waals surface area contributed by atoms with Crippen molar-refractivity contribution in [2.45, 2.75) is 25.9 Å². The quantitative estimate of drug-likeness (QED) is 0.301. The molecule has 0 saturated carbocycles. The minimum atomic E-state index is -0.731. The van der Waals surface area contributed by atoms with Gasteiger partial charge in [-0.2, -0.15) is 0 Å². The van der Waals surface area contributed by atoms with Gasteiger partial charge in [-0.3, -0.25) is 15.2 Å². The van der Waals surface area contributed by atoms with Crippen LogP contribution in [0.4, 0.5) is 20.7 Å². The molecule has 184 valence electrons. The highest BCUT2D eigenvalue weighted by molar-refractivity contribution is 6.31. The van der Waals surface area contributed by atoms with E-state index < -0.39 is 17.9 Å². The molecule has 1 atom stereocenters. The van der Waals surface area contributed by atoms with Crippen molar-refractivity contribution in [3.63, 3.8) is 0 Å². The lowest BCUT2D eigenvalue weighted by atomic mass is 9.98. The third-order valence-electron chi connectivity index (χ3n) is 6.04. The van der Waals surface area contributed by atoms with Crippen molar-refractivity contribution in [1.29, 1.82) is 0 Å². The van der Waals surface area contributed by atoms with Crippen LogP contribution in [-0.4, -0.2) is 27.7 Å². The average Bonchev–Trinajstić information content (AvgIpc) is 3.25. The van der Waals surface area contributed by atoms with Crippen LogP contribution in [0.2, 0.25) is 10.0 Å². The number of halogens is 3. The highest BCUT2D eigenvalue weighted by Crippen LogP contribution is 2.45. The first-order valence-corrected chi connectivity index (χ1v) is 12.0. The van der Waals surface area contributed by atoms with E-state index in [1.54, 1.807) is 43.8 Å². The molecule has 2 aromatic carbocycles. The summed E-state index contributed by atoms with van der Waals surface area (Å²) >= 11 is 12.3. The summed E-state index contributed by atoms with van der Waals surface area (Å²) in [6.45, 7) is 4.02. The lowest BCUT2D eigenvalue weighted by molar-refractivity contribution is 0.254. The predicted molar refractivity (Wildman–Crippen MR) is 139 cm³/mol. The van der Waals surface area contributed by atoms with E-state index in [2.05, 4.69) is 10.3 Å². The SMILES string of the molecule is COc1ccncc1-c1nc2c(n1C(C)C)C(c1ccc(Cl)cc1)N(c1cccc(Cl)c1F)C(=O)N2. The molecule has 0 spiro atoms. The number of hydrogen-bond donors (Lipinski definition) is 1. The van der Waals surface area contributed by atoms with Crippen LogP contribution in [0, 0.1) is 5.82 Å². The molecule has 0 fully saturated rings. The molecule has 4 aromatic rings. The van der Waals surface area contributed by atoms with Crippen molar-refractivity contribution in [3.8, 4) is 17.1 Å². The van der Waals surface area contributed by atoms with Crippen LogP contribution in [0.15, 0.2) is 60.9 Å². The molecule has 0 saturated heterocycles.